The molecule has 0 unspecified atom stereocenters. The highest BCUT2D eigenvalue weighted by atomic mass is 15.3. The molecule has 84 valence electrons. The van der Waals surface area contributed by atoms with E-state index in [1.807, 2.05) is 17.8 Å². The Kier molecular flexibility index (Phi) is 2.49. The molecule has 0 amide bonds. The Balaban J connectivity index is 2.11. The van der Waals surface area contributed by atoms with E-state index in [-0.39, 0.29) is 0 Å². The molecule has 0 radical (unpaired) electrons. The van der Waals surface area contributed by atoms with Crippen molar-refractivity contribution in [3.63, 3.8) is 0 Å². The topological polar surface area (TPSA) is 43.8 Å². The molecule has 1 aliphatic carbocycles. The summed E-state index contributed by atoms with van der Waals surface area (Å²) in [6, 6.07) is 0.520. The third-order valence-electron chi connectivity index (χ3n) is 3.68. The molecule has 3 nitrogen and oxygen atoms in total. The summed E-state index contributed by atoms with van der Waals surface area (Å²) in [5.74, 6) is 0.847. The Morgan fingerprint density at radius 1 is 1.40 bits per heavy atom. The normalized spacial score (nSPS) is 21.8. The van der Waals surface area contributed by atoms with Crippen LogP contribution in [0.2, 0.25) is 0 Å². The maximum absolute atomic E-state index is 6.00. The van der Waals surface area contributed by atoms with Crippen LogP contribution in [0.15, 0.2) is 6.20 Å². The molecule has 0 aliphatic heterocycles. The lowest BCUT2D eigenvalue weighted by atomic mass is 9.75. The molecule has 3 heteroatoms. The maximum atomic E-state index is 6.00. The molecular formula is C12H21N3. The monoisotopic (exact) mass is 207 g/mol. The third-order valence-corrected chi connectivity index (χ3v) is 3.68. The second kappa shape index (κ2) is 3.54. The van der Waals surface area contributed by atoms with E-state index in [1.54, 1.807) is 0 Å². The van der Waals surface area contributed by atoms with Crippen molar-refractivity contribution in [3.05, 3.63) is 11.8 Å². The lowest BCUT2D eigenvalue weighted by Gasteiger charge is -2.34. The van der Waals surface area contributed by atoms with Gasteiger partial charge < -0.3 is 5.73 Å². The van der Waals surface area contributed by atoms with Gasteiger partial charge in [0.2, 0.25) is 0 Å². The SMILES string of the molecule is Cc1cnn(C2CCC(C)(C)CC2)c1N. The molecule has 2 N–H and O–H groups in total. The van der Waals surface area contributed by atoms with Crippen LogP contribution in [0.5, 0.6) is 0 Å². The average molecular weight is 207 g/mol. The van der Waals surface area contributed by atoms with Gasteiger partial charge in [0.15, 0.2) is 0 Å². The molecule has 0 saturated heterocycles. The number of aryl methyl sites for hydroxylation is 1. The first kappa shape index (κ1) is 10.5. The van der Waals surface area contributed by atoms with Gasteiger partial charge in [0.1, 0.15) is 5.82 Å². The van der Waals surface area contributed by atoms with E-state index in [1.165, 1.54) is 25.7 Å². The lowest BCUT2D eigenvalue weighted by molar-refractivity contribution is 0.187. The van der Waals surface area contributed by atoms with Gasteiger partial charge in [-0.25, -0.2) is 4.68 Å². The average Bonchev–Trinajstić information content (AvgIpc) is 2.49. The van der Waals surface area contributed by atoms with E-state index < -0.39 is 0 Å². The predicted molar refractivity (Wildman–Crippen MR) is 62.7 cm³/mol. The van der Waals surface area contributed by atoms with Crippen molar-refractivity contribution in [1.82, 2.24) is 9.78 Å². The summed E-state index contributed by atoms with van der Waals surface area (Å²) in [6.07, 6.45) is 6.83. The molecule has 1 aliphatic rings. The molecule has 0 aromatic carbocycles. The van der Waals surface area contributed by atoms with Crippen LogP contribution in [-0.2, 0) is 0 Å². The van der Waals surface area contributed by atoms with E-state index in [4.69, 9.17) is 5.73 Å². The number of nitrogen functional groups attached to an aromatic ring is 1. The van der Waals surface area contributed by atoms with Crippen molar-refractivity contribution in [2.45, 2.75) is 52.5 Å². The lowest BCUT2D eigenvalue weighted by Crippen LogP contribution is -2.24. The first-order valence-electron chi connectivity index (χ1n) is 5.79. The molecule has 15 heavy (non-hydrogen) atoms. The maximum Gasteiger partial charge on any atom is 0.124 e. The third kappa shape index (κ3) is 2.01. The number of anilines is 1. The predicted octanol–water partition coefficient (Wildman–Crippen LogP) is 2.92. The standard InChI is InChI=1S/C12H21N3/c1-9-8-14-15(11(9)13)10-4-6-12(2,3)7-5-10/h8,10H,4-7,13H2,1-3H3. The molecule has 2 rings (SSSR count). The summed E-state index contributed by atoms with van der Waals surface area (Å²) in [5.41, 5.74) is 7.61. The van der Waals surface area contributed by atoms with Gasteiger partial charge in [0, 0.05) is 5.56 Å². The second-order valence-electron chi connectivity index (χ2n) is 5.55. The summed E-state index contributed by atoms with van der Waals surface area (Å²) in [4.78, 5) is 0. The second-order valence-corrected chi connectivity index (χ2v) is 5.55. The van der Waals surface area contributed by atoms with Crippen LogP contribution in [0, 0.1) is 12.3 Å². The number of rotatable bonds is 1. The fourth-order valence-electron chi connectivity index (χ4n) is 2.38. The number of hydrogen-bond acceptors (Lipinski definition) is 2. The Labute approximate surface area is 91.7 Å². The molecule has 1 heterocycles. The molecule has 0 spiro atoms. The number of hydrogen-bond donors (Lipinski definition) is 1. The molecule has 1 aromatic rings. The summed E-state index contributed by atoms with van der Waals surface area (Å²) >= 11 is 0. The van der Waals surface area contributed by atoms with Crippen LogP contribution in [-0.4, -0.2) is 9.78 Å². The Morgan fingerprint density at radius 3 is 2.47 bits per heavy atom. The minimum atomic E-state index is 0.507. The zero-order valence-electron chi connectivity index (χ0n) is 9.95. The molecule has 0 atom stereocenters. The zero-order valence-corrected chi connectivity index (χ0v) is 9.95. The fourth-order valence-corrected chi connectivity index (χ4v) is 2.38. The van der Waals surface area contributed by atoms with Gasteiger partial charge in [0.05, 0.1) is 12.2 Å². The largest absolute Gasteiger partial charge is 0.384 e. The van der Waals surface area contributed by atoms with Crippen molar-refractivity contribution >= 4 is 5.82 Å². The van der Waals surface area contributed by atoms with Gasteiger partial charge in [-0.15, -0.1) is 0 Å². The van der Waals surface area contributed by atoms with E-state index in [0.29, 0.717) is 11.5 Å². The smallest absolute Gasteiger partial charge is 0.124 e. The van der Waals surface area contributed by atoms with Crippen LogP contribution >= 0.6 is 0 Å². The first-order valence-corrected chi connectivity index (χ1v) is 5.79. The highest BCUT2D eigenvalue weighted by Crippen LogP contribution is 2.40. The first-order chi connectivity index (χ1) is 6.99. The van der Waals surface area contributed by atoms with E-state index in [0.717, 1.165) is 11.4 Å². The zero-order chi connectivity index (χ0) is 11.1. The van der Waals surface area contributed by atoms with Gasteiger partial charge in [-0.05, 0) is 38.0 Å². The van der Waals surface area contributed by atoms with Crippen LogP contribution in [0.25, 0.3) is 0 Å². The Morgan fingerprint density at radius 2 is 2.00 bits per heavy atom. The quantitative estimate of drug-likeness (QED) is 0.769. The summed E-state index contributed by atoms with van der Waals surface area (Å²) in [5, 5.41) is 4.38. The van der Waals surface area contributed by atoms with Crippen LogP contribution in [0.1, 0.15) is 51.1 Å². The number of nitrogens with two attached hydrogens (primary N) is 1. The van der Waals surface area contributed by atoms with Crippen molar-refractivity contribution < 1.29 is 0 Å². The van der Waals surface area contributed by atoms with E-state index >= 15 is 0 Å². The Hall–Kier alpha value is -0.990. The van der Waals surface area contributed by atoms with Crippen molar-refractivity contribution in [3.8, 4) is 0 Å². The van der Waals surface area contributed by atoms with Gasteiger partial charge in [-0.1, -0.05) is 13.8 Å². The molecule has 1 saturated carbocycles. The number of nitrogens with zero attached hydrogens (tertiary/aromatic N) is 2. The minimum Gasteiger partial charge on any atom is -0.384 e. The molecule has 0 bridgehead atoms. The van der Waals surface area contributed by atoms with Crippen LogP contribution in [0.4, 0.5) is 5.82 Å². The van der Waals surface area contributed by atoms with Gasteiger partial charge in [-0.2, -0.15) is 5.10 Å². The minimum absolute atomic E-state index is 0.507. The highest BCUT2D eigenvalue weighted by Gasteiger charge is 2.28. The van der Waals surface area contributed by atoms with Gasteiger partial charge in [-0.3, -0.25) is 0 Å². The fraction of sp³-hybridized carbons (Fsp3) is 0.750. The van der Waals surface area contributed by atoms with Crippen LogP contribution < -0.4 is 5.73 Å². The van der Waals surface area contributed by atoms with E-state index in [2.05, 4.69) is 18.9 Å². The van der Waals surface area contributed by atoms with Crippen molar-refractivity contribution in [1.29, 1.82) is 0 Å². The van der Waals surface area contributed by atoms with Gasteiger partial charge >= 0.3 is 0 Å². The van der Waals surface area contributed by atoms with Crippen LogP contribution in [0.3, 0.4) is 0 Å². The highest BCUT2D eigenvalue weighted by molar-refractivity contribution is 5.37. The molecular weight excluding hydrogens is 186 g/mol. The molecule has 1 aromatic heterocycles. The van der Waals surface area contributed by atoms with Crippen molar-refractivity contribution in [2.75, 3.05) is 5.73 Å². The summed E-state index contributed by atoms with van der Waals surface area (Å²) < 4.78 is 2.02. The summed E-state index contributed by atoms with van der Waals surface area (Å²) in [7, 11) is 0. The van der Waals surface area contributed by atoms with E-state index in [9.17, 15) is 0 Å². The Bertz CT molecular complexity index is 342. The van der Waals surface area contributed by atoms with Gasteiger partial charge in [0.25, 0.3) is 0 Å². The molecule has 1 fully saturated rings. The van der Waals surface area contributed by atoms with Crippen molar-refractivity contribution in [2.24, 2.45) is 5.41 Å². The number of aromatic nitrogens is 2. The summed E-state index contributed by atoms with van der Waals surface area (Å²) in [6.45, 7) is 6.72.